The van der Waals surface area contributed by atoms with Crippen LogP contribution in [0.2, 0.25) is 0 Å². The van der Waals surface area contributed by atoms with Gasteiger partial charge in [0.2, 0.25) is 0 Å². The van der Waals surface area contributed by atoms with Crippen LogP contribution in [-0.4, -0.2) is 6.61 Å². The van der Waals surface area contributed by atoms with Crippen LogP contribution in [0.5, 0.6) is 5.75 Å². The Balaban J connectivity index is 1.65. The van der Waals surface area contributed by atoms with Gasteiger partial charge in [-0.1, -0.05) is 147 Å². The Morgan fingerprint density at radius 2 is 1.38 bits per heavy atom. The molecule has 1 aliphatic rings. The molecule has 0 bridgehead atoms. The molecule has 4 aromatic carbocycles. The fourth-order valence-corrected chi connectivity index (χ4v) is 7.60. The summed E-state index contributed by atoms with van der Waals surface area (Å²) in [5.74, 6) is 2.94. The highest BCUT2D eigenvalue weighted by molar-refractivity contribution is 5.87. The minimum absolute atomic E-state index is 0.0860. The monoisotopic (exact) mass is 628 g/mol. The summed E-state index contributed by atoms with van der Waals surface area (Å²) in [6.45, 7) is 24.1. The molecule has 0 saturated heterocycles. The van der Waals surface area contributed by atoms with E-state index >= 15 is 0 Å². The average molecular weight is 629 g/mol. The van der Waals surface area contributed by atoms with Gasteiger partial charge in [0.25, 0.3) is 0 Å². The molecule has 250 valence electrons. The molecule has 0 spiro atoms. The molecule has 0 aromatic heterocycles. The van der Waals surface area contributed by atoms with Crippen LogP contribution in [0.4, 0.5) is 0 Å². The summed E-state index contributed by atoms with van der Waals surface area (Å²) >= 11 is 0. The normalized spacial score (nSPS) is 17.0. The molecule has 0 N–H and O–H groups in total. The summed E-state index contributed by atoms with van der Waals surface area (Å²) in [5.41, 5.74) is 13.4. The molecule has 4 aromatic rings. The predicted molar refractivity (Wildman–Crippen MR) is 203 cm³/mol. The third-order valence-electron chi connectivity index (χ3n) is 11.5. The molecule has 0 saturated carbocycles. The van der Waals surface area contributed by atoms with E-state index in [1.807, 2.05) is 0 Å². The summed E-state index contributed by atoms with van der Waals surface area (Å²) < 4.78 is 6.39. The van der Waals surface area contributed by atoms with Gasteiger partial charge in [0.1, 0.15) is 5.75 Å². The second kappa shape index (κ2) is 14.4. The van der Waals surface area contributed by atoms with E-state index < -0.39 is 5.41 Å². The quantitative estimate of drug-likeness (QED) is 0.119. The number of rotatable bonds is 14. The van der Waals surface area contributed by atoms with E-state index in [9.17, 15) is 0 Å². The number of aryl methyl sites for hydroxylation is 2. The Labute approximate surface area is 287 Å². The zero-order valence-electron chi connectivity index (χ0n) is 31.1. The molecule has 0 heterocycles. The highest BCUT2D eigenvalue weighted by Crippen LogP contribution is 2.58. The number of ether oxygens (including phenoxy) is 1. The number of hydrogen-bond donors (Lipinski definition) is 0. The Kier molecular flexibility index (Phi) is 10.7. The van der Waals surface area contributed by atoms with E-state index in [1.54, 1.807) is 0 Å². The zero-order valence-corrected chi connectivity index (χ0v) is 31.1. The van der Waals surface area contributed by atoms with Gasteiger partial charge in [-0.3, -0.25) is 0 Å². The first-order valence-corrected chi connectivity index (χ1v) is 18.5. The van der Waals surface area contributed by atoms with Crippen molar-refractivity contribution in [3.8, 4) is 16.9 Å². The number of fused-ring (bicyclic) bond motifs is 3. The van der Waals surface area contributed by atoms with Gasteiger partial charge < -0.3 is 4.74 Å². The predicted octanol–water partition coefficient (Wildman–Crippen LogP) is 13.1. The first kappa shape index (κ1) is 35.0. The van der Waals surface area contributed by atoms with Crippen molar-refractivity contribution in [1.82, 2.24) is 0 Å². The Bertz CT molecular complexity index is 1660. The summed E-state index contributed by atoms with van der Waals surface area (Å²) in [6, 6.07) is 30.9. The molecule has 1 aliphatic carbocycles. The fourth-order valence-electron chi connectivity index (χ4n) is 7.60. The molecular weight excluding hydrogens is 569 g/mol. The maximum Gasteiger partial charge on any atom is 0.119 e. The van der Waals surface area contributed by atoms with Crippen molar-refractivity contribution in [2.24, 2.45) is 11.8 Å². The second-order valence-electron chi connectivity index (χ2n) is 15.8. The van der Waals surface area contributed by atoms with Gasteiger partial charge in [0.05, 0.1) is 12.0 Å². The maximum absolute atomic E-state index is 6.39. The maximum atomic E-state index is 6.39. The van der Waals surface area contributed by atoms with E-state index in [2.05, 4.69) is 148 Å². The molecule has 0 aliphatic heterocycles. The molecule has 0 amide bonds. The number of hydrogen-bond acceptors (Lipinski definition) is 1. The Morgan fingerprint density at radius 1 is 0.702 bits per heavy atom. The Morgan fingerprint density at radius 3 is 2.04 bits per heavy atom. The van der Waals surface area contributed by atoms with Gasteiger partial charge in [0.15, 0.2) is 0 Å². The van der Waals surface area contributed by atoms with Crippen molar-refractivity contribution in [2.75, 3.05) is 6.61 Å². The van der Waals surface area contributed by atoms with Gasteiger partial charge in [-0.15, -0.1) is 0 Å². The topological polar surface area (TPSA) is 9.23 Å². The van der Waals surface area contributed by atoms with E-state index in [4.69, 9.17) is 4.74 Å². The highest BCUT2D eigenvalue weighted by atomic mass is 16.5. The van der Waals surface area contributed by atoms with Crippen molar-refractivity contribution in [2.45, 2.75) is 125 Å². The van der Waals surface area contributed by atoms with Crippen molar-refractivity contribution >= 4 is 0 Å². The second-order valence-corrected chi connectivity index (χ2v) is 15.8. The van der Waals surface area contributed by atoms with Crippen molar-refractivity contribution in [1.29, 1.82) is 0 Å². The molecular formula is C46H60O. The van der Waals surface area contributed by atoms with Crippen LogP contribution in [0.1, 0.15) is 144 Å². The minimum atomic E-state index is -0.423. The summed E-state index contributed by atoms with van der Waals surface area (Å²) in [6.07, 6.45) is 7.23. The molecule has 0 fully saturated rings. The van der Waals surface area contributed by atoms with Crippen LogP contribution >= 0.6 is 0 Å². The lowest BCUT2D eigenvalue weighted by Gasteiger charge is -2.37. The van der Waals surface area contributed by atoms with Gasteiger partial charge in [0, 0.05) is 0 Å². The first-order valence-electron chi connectivity index (χ1n) is 18.5. The third-order valence-corrected chi connectivity index (χ3v) is 11.5. The molecule has 1 heteroatoms. The first-order chi connectivity index (χ1) is 22.4. The lowest BCUT2D eigenvalue weighted by atomic mass is 9.65. The van der Waals surface area contributed by atoms with Crippen molar-refractivity contribution in [3.05, 3.63) is 123 Å². The van der Waals surface area contributed by atoms with E-state index in [-0.39, 0.29) is 5.41 Å². The average Bonchev–Trinajstić information content (AvgIpc) is 3.35. The van der Waals surface area contributed by atoms with Crippen LogP contribution in [0.3, 0.4) is 0 Å². The fraction of sp³-hybridized carbons (Fsp3) is 0.478. The number of benzene rings is 4. The van der Waals surface area contributed by atoms with E-state index in [0.717, 1.165) is 37.5 Å². The smallest absolute Gasteiger partial charge is 0.119 e. The van der Waals surface area contributed by atoms with E-state index in [0.29, 0.717) is 11.8 Å². The van der Waals surface area contributed by atoms with Gasteiger partial charge in [-0.25, -0.2) is 0 Å². The summed E-state index contributed by atoms with van der Waals surface area (Å²) in [7, 11) is 0. The largest absolute Gasteiger partial charge is 0.494 e. The van der Waals surface area contributed by atoms with Crippen molar-refractivity contribution in [3.63, 3.8) is 0 Å². The molecule has 1 nitrogen and oxygen atoms in total. The van der Waals surface area contributed by atoms with E-state index in [1.165, 1.54) is 74.9 Å². The van der Waals surface area contributed by atoms with Crippen LogP contribution < -0.4 is 4.74 Å². The van der Waals surface area contributed by atoms with Gasteiger partial charge in [-0.2, -0.15) is 0 Å². The minimum Gasteiger partial charge on any atom is -0.494 e. The molecule has 5 rings (SSSR count). The van der Waals surface area contributed by atoms with Crippen LogP contribution in [0, 0.1) is 25.7 Å². The molecule has 3 atom stereocenters. The van der Waals surface area contributed by atoms with Crippen LogP contribution in [0.15, 0.2) is 78.9 Å². The third kappa shape index (κ3) is 6.97. The summed E-state index contributed by atoms with van der Waals surface area (Å²) in [4.78, 5) is 0. The van der Waals surface area contributed by atoms with Crippen LogP contribution in [0.25, 0.3) is 11.1 Å². The SMILES string of the molecule is CCC(C)c1ccc2c(c1)C(c1ccc(OCCC(C)CCCC(C)C)cc1)(c1cc(C)ccc1C)c1cc(C(C)(C)CC)ccc1-2. The van der Waals surface area contributed by atoms with Crippen LogP contribution in [-0.2, 0) is 10.8 Å². The highest BCUT2D eigenvalue weighted by Gasteiger charge is 2.47. The summed E-state index contributed by atoms with van der Waals surface area (Å²) in [5, 5.41) is 0. The lowest BCUT2D eigenvalue weighted by Crippen LogP contribution is -2.30. The molecule has 47 heavy (non-hydrogen) atoms. The standard InChI is InChI=1S/C46H60O/c1-11-34(7)36-18-24-40-41-25-21-38(45(9,10)12-2)30-44(41)46(43(40)29-36,42-28-33(6)16-17-35(42)8)37-19-22-39(23-20-37)47-27-26-32(5)15-13-14-31(3)4/h16-25,28-32,34H,11-15,26-27H2,1-10H3. The van der Waals surface area contributed by atoms with Gasteiger partial charge >= 0.3 is 0 Å². The zero-order chi connectivity index (χ0) is 33.9. The van der Waals surface area contributed by atoms with Crippen molar-refractivity contribution < 1.29 is 4.74 Å². The Hall–Kier alpha value is -3.32. The molecule has 0 radical (unpaired) electrons. The lowest BCUT2D eigenvalue weighted by molar-refractivity contribution is 0.275. The van der Waals surface area contributed by atoms with Gasteiger partial charge in [-0.05, 0) is 118 Å². The molecule has 3 unspecified atom stereocenters.